The van der Waals surface area contributed by atoms with Gasteiger partial charge in [0, 0.05) is 6.07 Å². The number of nitrogens with one attached hydrogen (secondary N) is 1. The number of nitrogens with zero attached hydrogens (tertiary/aromatic N) is 2. The van der Waals surface area contributed by atoms with Gasteiger partial charge < -0.3 is 5.32 Å². The number of alkyl halides is 3. The molecular weight excluding hydrogens is 463 g/mol. The van der Waals surface area contributed by atoms with E-state index in [2.05, 4.69) is 5.32 Å². The zero-order chi connectivity index (χ0) is 24.2. The predicted molar refractivity (Wildman–Crippen MR) is 114 cm³/mol. The van der Waals surface area contributed by atoms with Crippen LogP contribution in [-0.2, 0) is 21.0 Å². The Morgan fingerprint density at radius 3 is 2.15 bits per heavy atom. The largest absolute Gasteiger partial charge is 0.418 e. The van der Waals surface area contributed by atoms with Crippen LogP contribution in [0.1, 0.15) is 5.56 Å². The molecule has 0 atom stereocenters. The highest BCUT2D eigenvalue weighted by molar-refractivity contribution is 7.93. The number of nitro groups is 1. The van der Waals surface area contributed by atoms with E-state index in [4.69, 9.17) is 0 Å². The first kappa shape index (κ1) is 23.7. The summed E-state index contributed by atoms with van der Waals surface area (Å²) in [5, 5.41) is 13.4. The Hall–Kier alpha value is -3.93. The summed E-state index contributed by atoms with van der Waals surface area (Å²) < 4.78 is 67.0. The van der Waals surface area contributed by atoms with Crippen LogP contribution in [-0.4, -0.2) is 25.8 Å². The standard InChI is InChI=1S/C21H16F3N3O5S/c22-21(23,24)16-10-4-5-11-17(16)25-20(28)14-26(15-8-2-1-3-9-15)33(31,32)19-13-7-6-12-18(19)27(29)30/h1-13H,14H2,(H,25,28). The minimum atomic E-state index is -4.75. The van der Waals surface area contributed by atoms with Crippen LogP contribution >= 0.6 is 0 Å². The third-order valence-corrected chi connectivity index (χ3v) is 6.29. The average molecular weight is 479 g/mol. The number of sulfonamides is 1. The molecule has 0 saturated carbocycles. The molecule has 0 aliphatic heterocycles. The van der Waals surface area contributed by atoms with Gasteiger partial charge in [-0.15, -0.1) is 0 Å². The number of benzene rings is 3. The fourth-order valence-corrected chi connectivity index (χ4v) is 4.59. The van der Waals surface area contributed by atoms with Gasteiger partial charge in [0.2, 0.25) is 5.91 Å². The third kappa shape index (κ3) is 5.29. The number of halogens is 3. The zero-order valence-electron chi connectivity index (χ0n) is 16.7. The molecule has 0 bridgehead atoms. The van der Waals surface area contributed by atoms with Gasteiger partial charge in [-0.1, -0.05) is 42.5 Å². The summed E-state index contributed by atoms with van der Waals surface area (Å²) in [6.45, 7) is -0.926. The van der Waals surface area contributed by atoms with E-state index in [0.29, 0.717) is 4.31 Å². The van der Waals surface area contributed by atoms with E-state index in [1.807, 2.05) is 0 Å². The van der Waals surface area contributed by atoms with E-state index in [1.54, 1.807) is 6.07 Å². The maximum Gasteiger partial charge on any atom is 0.418 e. The molecule has 172 valence electrons. The van der Waals surface area contributed by atoms with Gasteiger partial charge in [0.05, 0.1) is 21.9 Å². The summed E-state index contributed by atoms with van der Waals surface area (Å²) in [4.78, 5) is 22.5. The van der Waals surface area contributed by atoms with E-state index in [0.717, 1.165) is 30.3 Å². The first-order valence-electron chi connectivity index (χ1n) is 9.29. The van der Waals surface area contributed by atoms with Gasteiger partial charge in [0.15, 0.2) is 4.90 Å². The number of carbonyl (C=O) groups excluding carboxylic acids is 1. The lowest BCUT2D eigenvalue weighted by molar-refractivity contribution is -0.387. The summed E-state index contributed by atoms with van der Waals surface area (Å²) >= 11 is 0. The topological polar surface area (TPSA) is 110 Å². The Kier molecular flexibility index (Phi) is 6.68. The molecule has 8 nitrogen and oxygen atoms in total. The molecule has 3 rings (SSSR count). The smallest absolute Gasteiger partial charge is 0.324 e. The summed E-state index contributed by atoms with van der Waals surface area (Å²) in [7, 11) is -4.65. The van der Waals surface area contributed by atoms with Gasteiger partial charge >= 0.3 is 6.18 Å². The molecule has 3 aromatic carbocycles. The highest BCUT2D eigenvalue weighted by atomic mass is 32.2. The van der Waals surface area contributed by atoms with Gasteiger partial charge in [0.1, 0.15) is 6.54 Å². The normalized spacial score (nSPS) is 11.6. The van der Waals surface area contributed by atoms with Gasteiger partial charge in [-0.3, -0.25) is 19.2 Å². The van der Waals surface area contributed by atoms with E-state index in [1.165, 1.54) is 42.5 Å². The van der Waals surface area contributed by atoms with Crippen LogP contribution in [0.5, 0.6) is 0 Å². The summed E-state index contributed by atoms with van der Waals surface area (Å²) in [5.41, 5.74) is -2.37. The minimum Gasteiger partial charge on any atom is -0.324 e. The number of hydrogen-bond acceptors (Lipinski definition) is 5. The Morgan fingerprint density at radius 1 is 0.939 bits per heavy atom. The second kappa shape index (κ2) is 9.28. The van der Waals surface area contributed by atoms with E-state index in [-0.39, 0.29) is 5.69 Å². The number of anilines is 2. The first-order valence-corrected chi connectivity index (χ1v) is 10.7. The van der Waals surface area contributed by atoms with Crippen LogP contribution in [0.15, 0.2) is 83.8 Å². The van der Waals surface area contributed by atoms with E-state index < -0.39 is 55.4 Å². The number of hydrogen-bond donors (Lipinski definition) is 1. The SMILES string of the molecule is O=C(CN(c1ccccc1)S(=O)(=O)c1ccccc1[N+](=O)[O-])Nc1ccccc1C(F)(F)F. The lowest BCUT2D eigenvalue weighted by Gasteiger charge is -2.24. The number of para-hydroxylation sites is 3. The van der Waals surface area contributed by atoms with Gasteiger partial charge in [-0.25, -0.2) is 8.42 Å². The fourth-order valence-electron chi connectivity index (χ4n) is 3.01. The zero-order valence-corrected chi connectivity index (χ0v) is 17.5. The van der Waals surface area contributed by atoms with Crippen molar-refractivity contribution in [2.75, 3.05) is 16.2 Å². The number of amides is 1. The lowest BCUT2D eigenvalue weighted by Crippen LogP contribution is -2.38. The quantitative estimate of drug-likeness (QED) is 0.398. The van der Waals surface area contributed by atoms with Crippen LogP contribution in [0.25, 0.3) is 0 Å². The predicted octanol–water partition coefficient (Wildman–Crippen LogP) is 4.45. The summed E-state index contributed by atoms with van der Waals surface area (Å²) in [6.07, 6.45) is -4.75. The molecule has 33 heavy (non-hydrogen) atoms. The second-order valence-corrected chi connectivity index (χ2v) is 8.49. The molecule has 0 radical (unpaired) electrons. The molecule has 1 amide bonds. The molecule has 0 aliphatic rings. The van der Waals surface area contributed by atoms with Crippen LogP contribution in [0.2, 0.25) is 0 Å². The molecule has 0 heterocycles. The van der Waals surface area contributed by atoms with Crippen LogP contribution in [0.3, 0.4) is 0 Å². The molecule has 12 heteroatoms. The molecule has 0 saturated heterocycles. The van der Waals surface area contributed by atoms with Crippen molar-refractivity contribution in [3.63, 3.8) is 0 Å². The van der Waals surface area contributed by atoms with Gasteiger partial charge in [-0.2, -0.15) is 13.2 Å². The Balaban J connectivity index is 2.01. The highest BCUT2D eigenvalue weighted by Gasteiger charge is 2.35. The van der Waals surface area contributed by atoms with E-state index in [9.17, 15) is 36.5 Å². The average Bonchev–Trinajstić information content (AvgIpc) is 2.77. The molecular formula is C21H16F3N3O5S. The Labute approximate surface area is 186 Å². The van der Waals surface area contributed by atoms with Crippen molar-refractivity contribution in [3.8, 4) is 0 Å². The van der Waals surface area contributed by atoms with Crippen LogP contribution < -0.4 is 9.62 Å². The number of nitro benzene ring substituents is 1. The molecule has 3 aromatic rings. The molecule has 0 unspecified atom stereocenters. The maximum absolute atomic E-state index is 13.3. The van der Waals surface area contributed by atoms with Crippen molar-refractivity contribution < 1.29 is 31.3 Å². The summed E-state index contributed by atoms with van der Waals surface area (Å²) in [6, 6.07) is 16.0. The Bertz CT molecular complexity index is 1280. The van der Waals surface area contributed by atoms with Crippen LogP contribution in [0.4, 0.5) is 30.2 Å². The number of carbonyl (C=O) groups is 1. The minimum absolute atomic E-state index is 0.00472. The number of rotatable bonds is 7. The van der Waals surface area contributed by atoms with Crippen molar-refractivity contribution in [3.05, 3.63) is 94.5 Å². The monoisotopic (exact) mass is 479 g/mol. The van der Waals surface area contributed by atoms with Gasteiger partial charge in [0.25, 0.3) is 15.7 Å². The molecule has 0 spiro atoms. The highest BCUT2D eigenvalue weighted by Crippen LogP contribution is 2.35. The summed E-state index contributed by atoms with van der Waals surface area (Å²) in [5.74, 6) is -1.07. The lowest BCUT2D eigenvalue weighted by atomic mass is 10.1. The van der Waals surface area contributed by atoms with Crippen LogP contribution in [0, 0.1) is 10.1 Å². The molecule has 0 aliphatic carbocycles. The first-order chi connectivity index (χ1) is 15.5. The van der Waals surface area contributed by atoms with Gasteiger partial charge in [-0.05, 0) is 30.3 Å². The van der Waals surface area contributed by atoms with Crippen molar-refractivity contribution in [1.82, 2.24) is 0 Å². The molecule has 0 fully saturated rings. The van der Waals surface area contributed by atoms with Crippen molar-refractivity contribution in [2.24, 2.45) is 0 Å². The fraction of sp³-hybridized carbons (Fsp3) is 0.0952. The second-order valence-electron chi connectivity index (χ2n) is 6.66. The molecule has 1 N–H and O–H groups in total. The van der Waals surface area contributed by atoms with Crippen molar-refractivity contribution in [2.45, 2.75) is 11.1 Å². The van der Waals surface area contributed by atoms with E-state index >= 15 is 0 Å². The third-order valence-electron chi connectivity index (χ3n) is 4.47. The van der Waals surface area contributed by atoms with Crippen molar-refractivity contribution >= 4 is 33.0 Å². The Morgan fingerprint density at radius 2 is 1.52 bits per heavy atom. The van der Waals surface area contributed by atoms with Crippen molar-refractivity contribution in [1.29, 1.82) is 0 Å². The molecule has 0 aromatic heterocycles. The maximum atomic E-state index is 13.3.